The molecule has 0 saturated carbocycles. The standard InChI is InChI=1S/C19H21N5O3S/c1-3-8-23(9-10-25)14-4-6-17(13(2)11-14)20-21-19-16-12-15(24(26)27)5-7-18(16)22-28-19/h4-7,11-12,25H,3,8-10H2,1-2H3. The predicted octanol–water partition coefficient (Wildman–Crippen LogP) is 5.14. The molecule has 0 aliphatic rings. The molecular formula is C19H21N5O3S. The first kappa shape index (κ1) is 19.8. The summed E-state index contributed by atoms with van der Waals surface area (Å²) in [7, 11) is 0. The Morgan fingerprint density at radius 1 is 1.21 bits per heavy atom. The van der Waals surface area contributed by atoms with E-state index < -0.39 is 4.92 Å². The number of aliphatic hydroxyl groups is 1. The fourth-order valence-electron chi connectivity index (χ4n) is 2.91. The van der Waals surface area contributed by atoms with E-state index in [1.807, 2.05) is 25.1 Å². The molecule has 1 N–H and O–H groups in total. The highest BCUT2D eigenvalue weighted by atomic mass is 32.1. The molecule has 0 aliphatic carbocycles. The van der Waals surface area contributed by atoms with Crippen LogP contribution in [-0.2, 0) is 0 Å². The Balaban J connectivity index is 1.87. The first-order chi connectivity index (χ1) is 13.5. The van der Waals surface area contributed by atoms with Crippen LogP contribution in [0.3, 0.4) is 0 Å². The lowest BCUT2D eigenvalue weighted by Gasteiger charge is -2.23. The highest BCUT2D eigenvalue weighted by Crippen LogP contribution is 2.35. The van der Waals surface area contributed by atoms with E-state index in [4.69, 9.17) is 0 Å². The van der Waals surface area contributed by atoms with Crippen molar-refractivity contribution in [3.05, 3.63) is 52.1 Å². The number of aromatic nitrogens is 1. The fraction of sp³-hybridized carbons (Fsp3) is 0.316. The highest BCUT2D eigenvalue weighted by molar-refractivity contribution is 7.11. The zero-order chi connectivity index (χ0) is 20.1. The molecule has 0 fully saturated rings. The third-order valence-corrected chi connectivity index (χ3v) is 5.07. The van der Waals surface area contributed by atoms with Crippen molar-refractivity contribution in [3.8, 4) is 0 Å². The summed E-state index contributed by atoms with van der Waals surface area (Å²) in [6.07, 6.45) is 0.991. The number of anilines is 1. The minimum absolute atomic E-state index is 0.00424. The number of aryl methyl sites for hydroxylation is 1. The second-order valence-corrected chi connectivity index (χ2v) is 7.08. The van der Waals surface area contributed by atoms with Crippen LogP contribution in [0.5, 0.6) is 0 Å². The lowest BCUT2D eigenvalue weighted by molar-refractivity contribution is -0.384. The number of nitro groups is 1. The van der Waals surface area contributed by atoms with Gasteiger partial charge < -0.3 is 10.0 Å². The Morgan fingerprint density at radius 2 is 2.04 bits per heavy atom. The van der Waals surface area contributed by atoms with Crippen molar-refractivity contribution in [1.29, 1.82) is 0 Å². The summed E-state index contributed by atoms with van der Waals surface area (Å²) in [5.74, 6) is 0. The van der Waals surface area contributed by atoms with Gasteiger partial charge in [0.05, 0.1) is 22.7 Å². The number of azo groups is 1. The van der Waals surface area contributed by atoms with E-state index in [9.17, 15) is 15.2 Å². The van der Waals surface area contributed by atoms with E-state index >= 15 is 0 Å². The molecule has 2 aromatic carbocycles. The van der Waals surface area contributed by atoms with Crippen LogP contribution >= 0.6 is 11.5 Å². The van der Waals surface area contributed by atoms with Crippen LogP contribution in [0, 0.1) is 17.0 Å². The number of benzene rings is 2. The highest BCUT2D eigenvalue weighted by Gasteiger charge is 2.12. The molecule has 9 heteroatoms. The van der Waals surface area contributed by atoms with E-state index in [0.717, 1.165) is 41.4 Å². The molecule has 0 spiro atoms. The number of hydrogen-bond donors (Lipinski definition) is 1. The molecule has 28 heavy (non-hydrogen) atoms. The van der Waals surface area contributed by atoms with Gasteiger partial charge in [-0.15, -0.1) is 10.2 Å². The molecule has 0 atom stereocenters. The van der Waals surface area contributed by atoms with Gasteiger partial charge in [-0.3, -0.25) is 10.1 Å². The Kier molecular flexibility index (Phi) is 6.27. The lowest BCUT2D eigenvalue weighted by atomic mass is 10.1. The predicted molar refractivity (Wildman–Crippen MR) is 111 cm³/mol. The van der Waals surface area contributed by atoms with Gasteiger partial charge in [0, 0.05) is 36.3 Å². The summed E-state index contributed by atoms with van der Waals surface area (Å²) in [5.41, 5.74) is 3.38. The second kappa shape index (κ2) is 8.85. The quantitative estimate of drug-likeness (QED) is 0.321. The molecule has 3 aromatic rings. The van der Waals surface area contributed by atoms with Crippen molar-refractivity contribution < 1.29 is 10.0 Å². The smallest absolute Gasteiger partial charge is 0.270 e. The van der Waals surface area contributed by atoms with Gasteiger partial charge in [0.25, 0.3) is 5.69 Å². The number of nitrogens with zero attached hydrogens (tertiary/aromatic N) is 5. The van der Waals surface area contributed by atoms with Crippen LogP contribution < -0.4 is 4.90 Å². The normalized spacial score (nSPS) is 11.4. The second-order valence-electron chi connectivity index (χ2n) is 6.33. The average molecular weight is 399 g/mol. The number of nitro benzene ring substituents is 1. The van der Waals surface area contributed by atoms with Crippen molar-refractivity contribution in [2.24, 2.45) is 10.2 Å². The summed E-state index contributed by atoms with van der Waals surface area (Å²) in [4.78, 5) is 12.7. The van der Waals surface area contributed by atoms with Crippen LogP contribution in [0.15, 0.2) is 46.6 Å². The zero-order valence-corrected chi connectivity index (χ0v) is 16.5. The minimum atomic E-state index is -0.435. The van der Waals surface area contributed by atoms with Crippen LogP contribution in [0.4, 0.5) is 22.1 Å². The number of rotatable bonds is 8. The average Bonchev–Trinajstić information content (AvgIpc) is 3.09. The monoisotopic (exact) mass is 399 g/mol. The van der Waals surface area contributed by atoms with E-state index in [-0.39, 0.29) is 12.3 Å². The van der Waals surface area contributed by atoms with Gasteiger partial charge in [0.2, 0.25) is 0 Å². The minimum Gasteiger partial charge on any atom is -0.395 e. The van der Waals surface area contributed by atoms with Crippen LogP contribution in [0.2, 0.25) is 0 Å². The van der Waals surface area contributed by atoms with E-state index in [0.29, 0.717) is 22.4 Å². The zero-order valence-electron chi connectivity index (χ0n) is 15.7. The maximum Gasteiger partial charge on any atom is 0.270 e. The van der Waals surface area contributed by atoms with Crippen molar-refractivity contribution in [3.63, 3.8) is 0 Å². The molecule has 0 unspecified atom stereocenters. The van der Waals surface area contributed by atoms with Gasteiger partial charge in [-0.25, -0.2) is 0 Å². The molecule has 0 saturated heterocycles. The van der Waals surface area contributed by atoms with E-state index in [1.165, 1.54) is 12.1 Å². The molecule has 1 aromatic heterocycles. The van der Waals surface area contributed by atoms with Gasteiger partial charge in [-0.05, 0) is 54.7 Å². The third kappa shape index (κ3) is 4.32. The number of aliphatic hydroxyl groups excluding tert-OH is 1. The SMILES string of the molecule is CCCN(CCO)c1ccc(N=Nc2snc3ccc([N+](=O)[O-])cc23)c(C)c1. The number of hydrogen-bond acceptors (Lipinski definition) is 8. The molecule has 0 bridgehead atoms. The topological polar surface area (TPSA) is 104 Å². The maximum absolute atomic E-state index is 11.0. The van der Waals surface area contributed by atoms with Gasteiger partial charge in [0.1, 0.15) is 0 Å². The van der Waals surface area contributed by atoms with Crippen molar-refractivity contribution >= 4 is 44.5 Å². The number of fused-ring (bicyclic) bond motifs is 1. The van der Waals surface area contributed by atoms with Crippen LogP contribution in [0.1, 0.15) is 18.9 Å². The van der Waals surface area contributed by atoms with Crippen LogP contribution in [0.25, 0.3) is 10.9 Å². The van der Waals surface area contributed by atoms with Gasteiger partial charge in [-0.1, -0.05) is 6.92 Å². The Labute approximate surface area is 166 Å². The maximum atomic E-state index is 11.0. The van der Waals surface area contributed by atoms with Crippen molar-refractivity contribution in [2.45, 2.75) is 20.3 Å². The van der Waals surface area contributed by atoms with Gasteiger partial charge >= 0.3 is 0 Å². The molecule has 8 nitrogen and oxygen atoms in total. The molecule has 0 radical (unpaired) electrons. The summed E-state index contributed by atoms with van der Waals surface area (Å²) >= 11 is 1.16. The first-order valence-electron chi connectivity index (χ1n) is 8.95. The number of non-ortho nitro benzene ring substituents is 1. The molecule has 0 amide bonds. The first-order valence-corrected chi connectivity index (χ1v) is 9.73. The summed E-state index contributed by atoms with van der Waals surface area (Å²) < 4.78 is 4.27. The fourth-order valence-corrected chi connectivity index (χ4v) is 3.59. The van der Waals surface area contributed by atoms with Gasteiger partial charge in [-0.2, -0.15) is 4.37 Å². The molecule has 1 heterocycles. The molecule has 0 aliphatic heterocycles. The Hall–Kier alpha value is -2.91. The van der Waals surface area contributed by atoms with E-state index in [1.54, 1.807) is 6.07 Å². The Bertz CT molecular complexity index is 1010. The summed E-state index contributed by atoms with van der Waals surface area (Å²) in [6, 6.07) is 10.4. The van der Waals surface area contributed by atoms with Crippen molar-refractivity contribution in [1.82, 2.24) is 4.37 Å². The van der Waals surface area contributed by atoms with Crippen molar-refractivity contribution in [2.75, 3.05) is 24.6 Å². The molecular weight excluding hydrogens is 378 g/mol. The van der Waals surface area contributed by atoms with E-state index in [2.05, 4.69) is 26.4 Å². The summed E-state index contributed by atoms with van der Waals surface area (Å²) in [6.45, 7) is 5.61. The lowest BCUT2D eigenvalue weighted by Crippen LogP contribution is -2.27. The summed E-state index contributed by atoms with van der Waals surface area (Å²) in [5, 5.41) is 30.0. The molecule has 3 rings (SSSR count). The third-order valence-electron chi connectivity index (χ3n) is 4.31. The Morgan fingerprint density at radius 3 is 2.71 bits per heavy atom. The largest absolute Gasteiger partial charge is 0.395 e. The van der Waals surface area contributed by atoms with Crippen LogP contribution in [-0.4, -0.2) is 34.1 Å². The van der Waals surface area contributed by atoms with Gasteiger partial charge in [0.15, 0.2) is 5.00 Å². The molecule has 146 valence electrons.